The number of rotatable bonds is 16. The number of esters is 1. The lowest BCUT2D eigenvalue weighted by Gasteiger charge is -2.27. The summed E-state index contributed by atoms with van der Waals surface area (Å²) >= 11 is 0. The average molecular weight is 569 g/mol. The highest BCUT2D eigenvalue weighted by Gasteiger charge is 2.32. The van der Waals surface area contributed by atoms with Crippen LogP contribution in [0.15, 0.2) is 24.3 Å². The molecule has 0 spiro atoms. The number of carboxylic acid groups (broad SMARTS) is 1. The number of unbranched alkanes of at least 4 members (excludes halogenated alkanes) is 2. The standard InChI is InChI=1S/C30H44N6O5/c1-4-5-6-14-32-28-24(21(2)33-30(31)34-28)12-8-16-36(26(37)20-35-15-9-13-25(35)29(39)40)19-23-11-7-10-22(17-23)18-27(38)41-3/h7,10-11,17,25H,4-6,8-9,12-16,18-20H2,1-3H3,(H,39,40)(H3,31,32,33,34). The minimum atomic E-state index is -0.893. The van der Waals surface area contributed by atoms with E-state index in [4.69, 9.17) is 10.5 Å². The van der Waals surface area contributed by atoms with Crippen molar-refractivity contribution in [1.82, 2.24) is 19.8 Å². The fourth-order valence-electron chi connectivity index (χ4n) is 5.25. The number of aliphatic carboxylic acids is 1. The van der Waals surface area contributed by atoms with Crippen molar-refractivity contribution in [2.24, 2.45) is 0 Å². The molecule has 11 heteroatoms. The number of aromatic nitrogens is 2. The third-order valence-corrected chi connectivity index (χ3v) is 7.44. The van der Waals surface area contributed by atoms with Crippen LogP contribution in [0.25, 0.3) is 0 Å². The van der Waals surface area contributed by atoms with Crippen LogP contribution in [0.2, 0.25) is 0 Å². The molecular weight excluding hydrogens is 524 g/mol. The van der Waals surface area contributed by atoms with Gasteiger partial charge in [0.25, 0.3) is 0 Å². The minimum absolute atomic E-state index is 0.0487. The number of aryl methyl sites for hydroxylation is 1. The summed E-state index contributed by atoms with van der Waals surface area (Å²) in [5, 5.41) is 13.0. The molecule has 0 saturated carbocycles. The molecule has 41 heavy (non-hydrogen) atoms. The first-order valence-corrected chi connectivity index (χ1v) is 14.5. The summed E-state index contributed by atoms with van der Waals surface area (Å²) in [7, 11) is 1.36. The Bertz CT molecular complexity index is 1190. The first kappa shape index (κ1) is 31.8. The molecule has 1 atom stereocenters. The van der Waals surface area contributed by atoms with Gasteiger partial charge in [-0.15, -0.1) is 0 Å². The van der Waals surface area contributed by atoms with Crippen molar-refractivity contribution in [3.05, 3.63) is 46.6 Å². The quantitative estimate of drug-likeness (QED) is 0.203. The molecule has 1 fully saturated rings. The molecule has 2 aromatic rings. The number of nitrogens with zero attached hydrogens (tertiary/aromatic N) is 4. The number of carbonyl (C=O) groups is 3. The second-order valence-electron chi connectivity index (χ2n) is 10.6. The molecule has 1 aliphatic rings. The molecule has 11 nitrogen and oxygen atoms in total. The third-order valence-electron chi connectivity index (χ3n) is 7.44. The maximum Gasteiger partial charge on any atom is 0.320 e. The number of ether oxygens (including phenoxy) is 1. The topological polar surface area (TPSA) is 151 Å². The summed E-state index contributed by atoms with van der Waals surface area (Å²) in [4.78, 5) is 49.4. The molecule has 2 heterocycles. The first-order valence-electron chi connectivity index (χ1n) is 14.5. The molecule has 1 aromatic heterocycles. The van der Waals surface area contributed by atoms with Crippen LogP contribution in [-0.4, -0.2) is 82.1 Å². The van der Waals surface area contributed by atoms with Crippen molar-refractivity contribution in [2.75, 3.05) is 44.3 Å². The number of nitrogen functional groups attached to an aromatic ring is 1. The van der Waals surface area contributed by atoms with Crippen LogP contribution in [0.4, 0.5) is 11.8 Å². The predicted molar refractivity (Wildman–Crippen MR) is 157 cm³/mol. The zero-order valence-corrected chi connectivity index (χ0v) is 24.5. The molecule has 224 valence electrons. The molecule has 1 aliphatic heterocycles. The summed E-state index contributed by atoms with van der Waals surface area (Å²) in [5.74, 6) is -0.383. The number of anilines is 2. The van der Waals surface area contributed by atoms with Crippen molar-refractivity contribution >= 4 is 29.6 Å². The SMILES string of the molecule is CCCCCNc1nc(N)nc(C)c1CCCN(Cc1cccc(CC(=O)OC)c1)C(=O)CN1CCCC1C(=O)O. The smallest absolute Gasteiger partial charge is 0.320 e. The highest BCUT2D eigenvalue weighted by Crippen LogP contribution is 2.21. The van der Waals surface area contributed by atoms with E-state index in [2.05, 4.69) is 22.2 Å². The van der Waals surface area contributed by atoms with Gasteiger partial charge in [-0.1, -0.05) is 44.0 Å². The van der Waals surface area contributed by atoms with E-state index in [1.165, 1.54) is 7.11 Å². The number of methoxy groups -OCH3 is 1. The van der Waals surface area contributed by atoms with E-state index in [1.807, 2.05) is 31.2 Å². The molecule has 1 unspecified atom stereocenters. The van der Waals surface area contributed by atoms with Crippen LogP contribution in [-0.2, 0) is 38.5 Å². The molecule has 1 aromatic carbocycles. The van der Waals surface area contributed by atoms with Gasteiger partial charge in [-0.05, 0) is 56.7 Å². The van der Waals surface area contributed by atoms with E-state index in [0.29, 0.717) is 38.9 Å². The van der Waals surface area contributed by atoms with E-state index in [9.17, 15) is 19.5 Å². The van der Waals surface area contributed by atoms with Crippen LogP contribution in [0.1, 0.15) is 67.8 Å². The van der Waals surface area contributed by atoms with Crippen molar-refractivity contribution < 1.29 is 24.2 Å². The fraction of sp³-hybridized carbons (Fsp3) is 0.567. The van der Waals surface area contributed by atoms with E-state index in [0.717, 1.165) is 60.4 Å². The average Bonchev–Trinajstić information content (AvgIpc) is 3.40. The van der Waals surface area contributed by atoms with Crippen molar-refractivity contribution in [3.63, 3.8) is 0 Å². The van der Waals surface area contributed by atoms with Gasteiger partial charge >= 0.3 is 11.9 Å². The Morgan fingerprint density at radius 3 is 2.71 bits per heavy atom. The Kier molecular flexibility index (Phi) is 12.3. The summed E-state index contributed by atoms with van der Waals surface area (Å²) in [6.45, 7) is 6.31. The zero-order chi connectivity index (χ0) is 29.8. The van der Waals surface area contributed by atoms with Gasteiger partial charge in [-0.2, -0.15) is 4.98 Å². The number of amides is 1. The lowest BCUT2D eigenvalue weighted by Crippen LogP contribution is -2.44. The lowest BCUT2D eigenvalue weighted by atomic mass is 10.1. The third kappa shape index (κ3) is 9.70. The van der Waals surface area contributed by atoms with Gasteiger partial charge in [0.1, 0.15) is 11.9 Å². The second-order valence-corrected chi connectivity index (χ2v) is 10.6. The highest BCUT2D eigenvalue weighted by molar-refractivity contribution is 5.80. The fourth-order valence-corrected chi connectivity index (χ4v) is 5.25. The molecule has 0 radical (unpaired) electrons. The van der Waals surface area contributed by atoms with Gasteiger partial charge < -0.3 is 25.8 Å². The summed E-state index contributed by atoms with van der Waals surface area (Å²) < 4.78 is 4.80. The molecule has 1 amide bonds. The molecule has 3 rings (SSSR count). The van der Waals surface area contributed by atoms with E-state index < -0.39 is 12.0 Å². The van der Waals surface area contributed by atoms with Gasteiger partial charge in [0.15, 0.2) is 0 Å². The first-order chi connectivity index (χ1) is 19.7. The monoisotopic (exact) mass is 568 g/mol. The maximum absolute atomic E-state index is 13.6. The molecular formula is C30H44N6O5. The molecule has 0 aliphatic carbocycles. The Hall–Kier alpha value is -3.73. The number of hydrogen-bond donors (Lipinski definition) is 3. The van der Waals surface area contributed by atoms with Crippen molar-refractivity contribution in [1.29, 1.82) is 0 Å². The van der Waals surface area contributed by atoms with Gasteiger partial charge in [0, 0.05) is 30.9 Å². The Morgan fingerprint density at radius 2 is 1.98 bits per heavy atom. The second kappa shape index (κ2) is 15.9. The number of likely N-dealkylation sites (tertiary alicyclic amines) is 1. The number of nitrogens with two attached hydrogens (primary N) is 1. The molecule has 1 saturated heterocycles. The van der Waals surface area contributed by atoms with Crippen molar-refractivity contribution in [2.45, 2.75) is 77.8 Å². The van der Waals surface area contributed by atoms with E-state index in [1.54, 1.807) is 9.80 Å². The normalized spacial score (nSPS) is 15.0. The van der Waals surface area contributed by atoms with Crippen LogP contribution >= 0.6 is 0 Å². The number of hydrogen-bond acceptors (Lipinski definition) is 9. The van der Waals surface area contributed by atoms with Crippen LogP contribution in [0, 0.1) is 6.92 Å². The van der Waals surface area contributed by atoms with Gasteiger partial charge in [-0.3, -0.25) is 19.3 Å². The Balaban J connectivity index is 1.75. The minimum Gasteiger partial charge on any atom is -0.480 e. The number of carboxylic acids is 1. The van der Waals surface area contributed by atoms with Gasteiger partial charge in [0.05, 0.1) is 20.1 Å². The predicted octanol–water partition coefficient (Wildman–Crippen LogP) is 3.20. The largest absolute Gasteiger partial charge is 0.480 e. The summed E-state index contributed by atoms with van der Waals surface area (Å²) in [6, 6.07) is 6.91. The van der Waals surface area contributed by atoms with E-state index >= 15 is 0 Å². The zero-order valence-electron chi connectivity index (χ0n) is 24.5. The highest BCUT2D eigenvalue weighted by atomic mass is 16.5. The summed E-state index contributed by atoms with van der Waals surface area (Å²) in [5.41, 5.74) is 9.42. The van der Waals surface area contributed by atoms with Crippen LogP contribution < -0.4 is 11.1 Å². The maximum atomic E-state index is 13.6. The van der Waals surface area contributed by atoms with Crippen LogP contribution in [0.5, 0.6) is 0 Å². The lowest BCUT2D eigenvalue weighted by molar-refractivity contribution is -0.144. The van der Waals surface area contributed by atoms with Gasteiger partial charge in [-0.25, -0.2) is 4.98 Å². The van der Waals surface area contributed by atoms with Crippen molar-refractivity contribution in [3.8, 4) is 0 Å². The Morgan fingerprint density at radius 1 is 1.20 bits per heavy atom. The number of carbonyl (C=O) groups excluding carboxylic acids is 2. The molecule has 4 N–H and O–H groups in total. The molecule has 0 bridgehead atoms. The summed E-state index contributed by atoms with van der Waals surface area (Å²) in [6.07, 6.45) is 6.04. The Labute approximate surface area is 242 Å². The van der Waals surface area contributed by atoms with E-state index in [-0.39, 0.29) is 30.8 Å². The van der Waals surface area contributed by atoms with Crippen LogP contribution in [0.3, 0.4) is 0 Å². The number of nitrogens with one attached hydrogen (secondary N) is 1. The van der Waals surface area contributed by atoms with Gasteiger partial charge in [0.2, 0.25) is 11.9 Å². The number of benzene rings is 1.